The molecule has 0 aromatic heterocycles. The number of rotatable bonds is 6. The molecule has 1 aliphatic heterocycles. The number of halogens is 1. The first-order valence-electron chi connectivity index (χ1n) is 9.11. The molecule has 0 saturated carbocycles. The SMILES string of the molecule is CCC1CCCCN1S(=O)(=O)c1ccc(NCc2ccccc2Cl)cc1. The summed E-state index contributed by atoms with van der Waals surface area (Å²) in [5.41, 5.74) is 1.87. The summed E-state index contributed by atoms with van der Waals surface area (Å²) in [4.78, 5) is 0.362. The molecule has 0 bridgehead atoms. The number of piperidine rings is 1. The van der Waals surface area contributed by atoms with Gasteiger partial charge in [-0.25, -0.2) is 8.42 Å². The van der Waals surface area contributed by atoms with Crippen molar-refractivity contribution in [3.63, 3.8) is 0 Å². The zero-order valence-corrected chi connectivity index (χ0v) is 16.6. The normalized spacial score (nSPS) is 18.6. The van der Waals surface area contributed by atoms with Crippen LogP contribution < -0.4 is 5.32 Å². The van der Waals surface area contributed by atoms with E-state index in [2.05, 4.69) is 12.2 Å². The molecular weight excluding hydrogens is 368 g/mol. The van der Waals surface area contributed by atoms with Crippen LogP contribution in [0.25, 0.3) is 0 Å². The monoisotopic (exact) mass is 392 g/mol. The van der Waals surface area contributed by atoms with E-state index in [4.69, 9.17) is 11.6 Å². The molecule has 0 spiro atoms. The Morgan fingerprint density at radius 1 is 1.12 bits per heavy atom. The highest BCUT2D eigenvalue weighted by Crippen LogP contribution is 2.27. The van der Waals surface area contributed by atoms with Gasteiger partial charge in [0.1, 0.15) is 0 Å². The van der Waals surface area contributed by atoms with Gasteiger partial charge in [0, 0.05) is 29.8 Å². The second kappa shape index (κ2) is 8.42. The van der Waals surface area contributed by atoms with E-state index in [1.165, 1.54) is 0 Å². The molecule has 1 unspecified atom stereocenters. The quantitative estimate of drug-likeness (QED) is 0.760. The van der Waals surface area contributed by atoms with Gasteiger partial charge < -0.3 is 5.32 Å². The number of hydrogen-bond donors (Lipinski definition) is 1. The van der Waals surface area contributed by atoms with Gasteiger partial charge in [0.2, 0.25) is 10.0 Å². The van der Waals surface area contributed by atoms with Crippen molar-refractivity contribution in [2.24, 2.45) is 0 Å². The van der Waals surface area contributed by atoms with Crippen LogP contribution >= 0.6 is 11.6 Å². The van der Waals surface area contributed by atoms with Gasteiger partial charge in [0.15, 0.2) is 0 Å². The van der Waals surface area contributed by atoms with Crippen molar-refractivity contribution in [3.05, 3.63) is 59.1 Å². The van der Waals surface area contributed by atoms with Gasteiger partial charge in [-0.3, -0.25) is 0 Å². The van der Waals surface area contributed by atoms with Gasteiger partial charge in [0.25, 0.3) is 0 Å². The Bertz CT molecular complexity index is 837. The number of nitrogens with zero attached hydrogens (tertiary/aromatic N) is 1. The lowest BCUT2D eigenvalue weighted by molar-refractivity contribution is 0.246. The Balaban J connectivity index is 1.71. The largest absolute Gasteiger partial charge is 0.381 e. The number of sulfonamides is 1. The zero-order chi connectivity index (χ0) is 18.6. The van der Waals surface area contributed by atoms with E-state index in [0.29, 0.717) is 18.0 Å². The minimum atomic E-state index is -3.43. The smallest absolute Gasteiger partial charge is 0.243 e. The van der Waals surface area contributed by atoms with Crippen molar-refractivity contribution < 1.29 is 8.42 Å². The summed E-state index contributed by atoms with van der Waals surface area (Å²) in [6, 6.07) is 14.8. The molecule has 140 valence electrons. The summed E-state index contributed by atoms with van der Waals surface area (Å²) < 4.78 is 27.6. The van der Waals surface area contributed by atoms with E-state index in [0.717, 1.165) is 42.0 Å². The number of anilines is 1. The molecule has 26 heavy (non-hydrogen) atoms. The molecule has 3 rings (SSSR count). The van der Waals surface area contributed by atoms with Gasteiger partial charge in [-0.2, -0.15) is 4.31 Å². The van der Waals surface area contributed by atoms with Crippen molar-refractivity contribution in [1.29, 1.82) is 0 Å². The highest BCUT2D eigenvalue weighted by molar-refractivity contribution is 7.89. The fraction of sp³-hybridized carbons (Fsp3) is 0.400. The second-order valence-electron chi connectivity index (χ2n) is 6.64. The fourth-order valence-corrected chi connectivity index (χ4v) is 5.39. The van der Waals surface area contributed by atoms with Crippen LogP contribution in [-0.2, 0) is 16.6 Å². The van der Waals surface area contributed by atoms with Gasteiger partial charge in [-0.1, -0.05) is 43.1 Å². The van der Waals surface area contributed by atoms with E-state index in [1.54, 1.807) is 16.4 Å². The molecule has 1 heterocycles. The van der Waals surface area contributed by atoms with E-state index in [1.807, 2.05) is 36.4 Å². The summed E-state index contributed by atoms with van der Waals surface area (Å²) in [6.45, 7) is 3.27. The molecule has 2 aromatic carbocycles. The summed E-state index contributed by atoms with van der Waals surface area (Å²) in [6.07, 6.45) is 3.85. The lowest BCUT2D eigenvalue weighted by atomic mass is 10.0. The van der Waals surface area contributed by atoms with Crippen LogP contribution in [0.3, 0.4) is 0 Å². The zero-order valence-electron chi connectivity index (χ0n) is 15.0. The van der Waals surface area contributed by atoms with Gasteiger partial charge >= 0.3 is 0 Å². The minimum Gasteiger partial charge on any atom is -0.381 e. The highest BCUT2D eigenvalue weighted by atomic mass is 35.5. The molecular formula is C20H25ClN2O2S. The van der Waals surface area contributed by atoms with Gasteiger partial charge in [-0.05, 0) is 55.2 Å². The molecule has 0 aliphatic carbocycles. The van der Waals surface area contributed by atoms with Gasteiger partial charge in [-0.15, -0.1) is 0 Å². The van der Waals surface area contributed by atoms with Crippen LogP contribution in [0.5, 0.6) is 0 Å². The predicted molar refractivity (Wildman–Crippen MR) is 107 cm³/mol. The van der Waals surface area contributed by atoms with Crippen LogP contribution in [0, 0.1) is 0 Å². The van der Waals surface area contributed by atoms with E-state index < -0.39 is 10.0 Å². The van der Waals surface area contributed by atoms with Crippen LogP contribution in [0.1, 0.15) is 38.2 Å². The molecule has 1 aliphatic rings. The van der Waals surface area contributed by atoms with Crippen molar-refractivity contribution in [2.45, 2.75) is 50.1 Å². The predicted octanol–water partition coefficient (Wildman–Crippen LogP) is 4.91. The standard InChI is InChI=1S/C20H25ClN2O2S/c1-2-18-8-5-6-14-23(18)26(24,25)19-12-10-17(11-13-19)22-15-16-7-3-4-9-20(16)21/h3-4,7,9-13,18,22H,2,5-6,8,14-15H2,1H3. The summed E-state index contributed by atoms with van der Waals surface area (Å²) >= 11 is 6.16. The molecule has 0 amide bonds. The van der Waals surface area contributed by atoms with Crippen molar-refractivity contribution in [1.82, 2.24) is 4.31 Å². The van der Waals surface area contributed by atoms with Crippen molar-refractivity contribution in [3.8, 4) is 0 Å². The third-order valence-corrected chi connectivity index (χ3v) is 7.28. The Kier molecular flexibility index (Phi) is 6.22. The lowest BCUT2D eigenvalue weighted by Gasteiger charge is -2.34. The third-order valence-electron chi connectivity index (χ3n) is 4.95. The van der Waals surface area contributed by atoms with Crippen molar-refractivity contribution >= 4 is 27.3 Å². The number of nitrogens with one attached hydrogen (secondary N) is 1. The molecule has 1 atom stereocenters. The van der Waals surface area contributed by atoms with Crippen molar-refractivity contribution in [2.75, 3.05) is 11.9 Å². The van der Waals surface area contributed by atoms with Crippen LogP contribution in [-0.4, -0.2) is 25.3 Å². The first kappa shape index (κ1) is 19.2. The molecule has 4 nitrogen and oxygen atoms in total. The van der Waals surface area contributed by atoms with E-state index in [-0.39, 0.29) is 6.04 Å². The Labute approximate surface area is 161 Å². The summed E-state index contributed by atoms with van der Waals surface area (Å²) in [5.74, 6) is 0. The molecule has 1 saturated heterocycles. The van der Waals surface area contributed by atoms with Crippen LogP contribution in [0.4, 0.5) is 5.69 Å². The molecule has 1 fully saturated rings. The first-order valence-corrected chi connectivity index (χ1v) is 10.9. The summed E-state index contributed by atoms with van der Waals surface area (Å²) in [7, 11) is -3.43. The average Bonchev–Trinajstić information content (AvgIpc) is 2.67. The Hall–Kier alpha value is -1.56. The first-order chi connectivity index (χ1) is 12.5. The molecule has 0 radical (unpaired) electrons. The Morgan fingerprint density at radius 2 is 1.85 bits per heavy atom. The minimum absolute atomic E-state index is 0.117. The summed E-state index contributed by atoms with van der Waals surface area (Å²) in [5, 5.41) is 4.00. The van der Waals surface area contributed by atoms with Crippen LogP contribution in [0.15, 0.2) is 53.4 Å². The van der Waals surface area contributed by atoms with Gasteiger partial charge in [0.05, 0.1) is 4.90 Å². The molecule has 1 N–H and O–H groups in total. The average molecular weight is 393 g/mol. The lowest BCUT2D eigenvalue weighted by Crippen LogP contribution is -2.43. The maximum Gasteiger partial charge on any atom is 0.243 e. The molecule has 6 heteroatoms. The highest BCUT2D eigenvalue weighted by Gasteiger charge is 2.32. The maximum absolute atomic E-state index is 13.0. The fourth-order valence-electron chi connectivity index (χ4n) is 3.42. The number of hydrogen-bond acceptors (Lipinski definition) is 3. The van der Waals surface area contributed by atoms with E-state index >= 15 is 0 Å². The van der Waals surface area contributed by atoms with E-state index in [9.17, 15) is 8.42 Å². The Morgan fingerprint density at radius 3 is 2.54 bits per heavy atom. The topological polar surface area (TPSA) is 49.4 Å². The third kappa shape index (κ3) is 4.22. The maximum atomic E-state index is 13.0. The number of benzene rings is 2. The second-order valence-corrected chi connectivity index (χ2v) is 8.94. The van der Waals surface area contributed by atoms with Crippen LogP contribution in [0.2, 0.25) is 5.02 Å². The molecule has 2 aromatic rings.